The van der Waals surface area contributed by atoms with E-state index in [9.17, 15) is 4.79 Å². The van der Waals surface area contributed by atoms with Gasteiger partial charge in [0.05, 0.1) is 13.7 Å². The molecular formula is C18H20ClNO4. The van der Waals surface area contributed by atoms with Gasteiger partial charge in [0.15, 0.2) is 17.6 Å². The summed E-state index contributed by atoms with van der Waals surface area (Å²) in [6, 6.07) is 14.3. The van der Waals surface area contributed by atoms with E-state index in [4.69, 9.17) is 25.8 Å². The molecule has 1 N–H and O–H groups in total. The highest BCUT2D eigenvalue weighted by molar-refractivity contribution is 6.30. The van der Waals surface area contributed by atoms with Crippen molar-refractivity contribution in [3.8, 4) is 17.2 Å². The van der Waals surface area contributed by atoms with Gasteiger partial charge in [0.2, 0.25) is 0 Å². The number of carbonyl (C=O) groups excluding carboxylic acids is 1. The Morgan fingerprint density at radius 3 is 2.62 bits per heavy atom. The number of hydrogen-bond acceptors (Lipinski definition) is 4. The quantitative estimate of drug-likeness (QED) is 0.743. The monoisotopic (exact) mass is 349 g/mol. The minimum atomic E-state index is -0.630. The molecule has 0 saturated heterocycles. The smallest absolute Gasteiger partial charge is 0.260 e. The molecule has 5 nitrogen and oxygen atoms in total. The number of amides is 1. The average molecular weight is 350 g/mol. The summed E-state index contributed by atoms with van der Waals surface area (Å²) < 4.78 is 16.3. The molecule has 0 fully saturated rings. The summed E-state index contributed by atoms with van der Waals surface area (Å²) in [5.74, 6) is 1.62. The lowest BCUT2D eigenvalue weighted by molar-refractivity contribution is -0.127. The van der Waals surface area contributed by atoms with Crippen LogP contribution in [0.5, 0.6) is 17.2 Å². The molecule has 2 rings (SSSR count). The lowest BCUT2D eigenvalue weighted by atomic mass is 10.3. The second kappa shape index (κ2) is 9.03. The van der Waals surface area contributed by atoms with E-state index in [1.807, 2.05) is 24.3 Å². The Hall–Kier alpha value is -2.40. The van der Waals surface area contributed by atoms with Crippen LogP contribution in [0.15, 0.2) is 48.5 Å². The van der Waals surface area contributed by atoms with Crippen LogP contribution in [-0.2, 0) is 4.79 Å². The zero-order valence-electron chi connectivity index (χ0n) is 13.6. The molecule has 0 aliphatic heterocycles. The van der Waals surface area contributed by atoms with Gasteiger partial charge in [0.1, 0.15) is 12.4 Å². The summed E-state index contributed by atoms with van der Waals surface area (Å²) in [5.41, 5.74) is 0. The maximum atomic E-state index is 12.0. The fourth-order valence-electron chi connectivity index (χ4n) is 2.01. The molecule has 0 aliphatic carbocycles. The molecule has 0 unspecified atom stereocenters. The van der Waals surface area contributed by atoms with Gasteiger partial charge in [-0.25, -0.2) is 0 Å². The Morgan fingerprint density at radius 1 is 1.17 bits per heavy atom. The number of nitrogens with one attached hydrogen (secondary N) is 1. The number of hydrogen-bond donors (Lipinski definition) is 1. The number of benzene rings is 2. The molecule has 0 aromatic heterocycles. The Balaban J connectivity index is 1.74. The molecule has 1 atom stereocenters. The van der Waals surface area contributed by atoms with E-state index in [2.05, 4.69) is 5.32 Å². The van der Waals surface area contributed by atoms with Crippen molar-refractivity contribution in [1.29, 1.82) is 0 Å². The highest BCUT2D eigenvalue weighted by Gasteiger charge is 2.14. The zero-order valence-corrected chi connectivity index (χ0v) is 14.4. The number of carbonyl (C=O) groups is 1. The lowest BCUT2D eigenvalue weighted by Gasteiger charge is -2.15. The van der Waals surface area contributed by atoms with Crippen molar-refractivity contribution in [3.05, 3.63) is 53.6 Å². The van der Waals surface area contributed by atoms with E-state index < -0.39 is 6.10 Å². The van der Waals surface area contributed by atoms with Crippen LogP contribution in [0.2, 0.25) is 5.02 Å². The first-order chi connectivity index (χ1) is 11.6. The van der Waals surface area contributed by atoms with E-state index >= 15 is 0 Å². The van der Waals surface area contributed by atoms with Gasteiger partial charge >= 0.3 is 0 Å². The lowest BCUT2D eigenvalue weighted by Crippen LogP contribution is -2.38. The Bertz CT molecular complexity index is 678. The second-order valence-electron chi connectivity index (χ2n) is 5.01. The van der Waals surface area contributed by atoms with Crippen LogP contribution < -0.4 is 19.5 Å². The highest BCUT2D eigenvalue weighted by atomic mass is 35.5. The van der Waals surface area contributed by atoms with Crippen LogP contribution in [0.25, 0.3) is 0 Å². The van der Waals surface area contributed by atoms with Gasteiger partial charge < -0.3 is 19.5 Å². The van der Waals surface area contributed by atoms with Crippen molar-refractivity contribution < 1.29 is 19.0 Å². The van der Waals surface area contributed by atoms with Gasteiger partial charge in [-0.3, -0.25) is 4.79 Å². The third kappa shape index (κ3) is 5.35. The van der Waals surface area contributed by atoms with E-state index in [0.29, 0.717) is 35.4 Å². The molecule has 0 heterocycles. The predicted molar refractivity (Wildman–Crippen MR) is 93.0 cm³/mol. The summed E-state index contributed by atoms with van der Waals surface area (Å²) >= 11 is 5.89. The highest BCUT2D eigenvalue weighted by Crippen LogP contribution is 2.25. The summed E-state index contributed by atoms with van der Waals surface area (Å²) in [4.78, 5) is 12.0. The standard InChI is InChI=1S/C18H20ClNO4/c1-13(24-15-7-5-6-14(19)12-15)18(21)20-10-11-23-17-9-4-3-8-16(17)22-2/h3-9,12-13H,10-11H2,1-2H3,(H,20,21)/t13-/m0/s1. The van der Waals surface area contributed by atoms with Crippen molar-refractivity contribution in [2.75, 3.05) is 20.3 Å². The Morgan fingerprint density at radius 2 is 1.92 bits per heavy atom. The molecule has 0 radical (unpaired) electrons. The SMILES string of the molecule is COc1ccccc1OCCNC(=O)[C@H](C)Oc1cccc(Cl)c1. The van der Waals surface area contributed by atoms with Crippen LogP contribution in [0.4, 0.5) is 0 Å². The van der Waals surface area contributed by atoms with Crippen LogP contribution in [0.3, 0.4) is 0 Å². The minimum Gasteiger partial charge on any atom is -0.493 e. The average Bonchev–Trinajstić information content (AvgIpc) is 2.58. The maximum absolute atomic E-state index is 12.0. The summed E-state index contributed by atoms with van der Waals surface area (Å²) in [6.45, 7) is 2.37. The van der Waals surface area contributed by atoms with Gasteiger partial charge in [-0.2, -0.15) is 0 Å². The van der Waals surface area contributed by atoms with Gasteiger partial charge in [-0.1, -0.05) is 29.8 Å². The van der Waals surface area contributed by atoms with Crippen molar-refractivity contribution >= 4 is 17.5 Å². The van der Waals surface area contributed by atoms with Gasteiger partial charge in [0, 0.05) is 5.02 Å². The largest absolute Gasteiger partial charge is 0.493 e. The molecule has 0 aliphatic rings. The molecule has 24 heavy (non-hydrogen) atoms. The van der Waals surface area contributed by atoms with Crippen LogP contribution >= 0.6 is 11.6 Å². The van der Waals surface area contributed by atoms with Crippen LogP contribution in [-0.4, -0.2) is 32.3 Å². The minimum absolute atomic E-state index is 0.224. The molecular weight excluding hydrogens is 330 g/mol. The van der Waals surface area contributed by atoms with E-state index in [0.717, 1.165) is 0 Å². The molecule has 6 heteroatoms. The molecule has 1 amide bonds. The predicted octanol–water partition coefficient (Wildman–Crippen LogP) is 3.31. The van der Waals surface area contributed by atoms with Crippen LogP contribution in [0.1, 0.15) is 6.92 Å². The first-order valence-electron chi connectivity index (χ1n) is 7.56. The number of ether oxygens (including phenoxy) is 3. The molecule has 2 aromatic rings. The molecule has 128 valence electrons. The fraction of sp³-hybridized carbons (Fsp3) is 0.278. The van der Waals surface area contributed by atoms with Crippen molar-refractivity contribution in [2.45, 2.75) is 13.0 Å². The Kier molecular flexibility index (Phi) is 6.75. The fourth-order valence-corrected chi connectivity index (χ4v) is 2.20. The number of para-hydroxylation sites is 2. The van der Waals surface area contributed by atoms with Crippen LogP contribution in [0, 0.1) is 0 Å². The second-order valence-corrected chi connectivity index (χ2v) is 5.44. The van der Waals surface area contributed by atoms with Crippen molar-refractivity contribution in [1.82, 2.24) is 5.32 Å². The molecule has 0 spiro atoms. The van der Waals surface area contributed by atoms with Crippen molar-refractivity contribution in [3.63, 3.8) is 0 Å². The van der Waals surface area contributed by atoms with Gasteiger partial charge in [0.25, 0.3) is 5.91 Å². The molecule has 2 aromatic carbocycles. The summed E-state index contributed by atoms with van der Waals surface area (Å²) in [6.07, 6.45) is -0.630. The summed E-state index contributed by atoms with van der Waals surface area (Å²) in [7, 11) is 1.58. The number of halogens is 1. The summed E-state index contributed by atoms with van der Waals surface area (Å²) in [5, 5.41) is 3.32. The maximum Gasteiger partial charge on any atom is 0.260 e. The van der Waals surface area contributed by atoms with Crippen molar-refractivity contribution in [2.24, 2.45) is 0 Å². The van der Waals surface area contributed by atoms with Gasteiger partial charge in [-0.15, -0.1) is 0 Å². The topological polar surface area (TPSA) is 56.8 Å². The Labute approximate surface area is 146 Å². The molecule has 0 saturated carbocycles. The zero-order chi connectivity index (χ0) is 17.4. The molecule has 0 bridgehead atoms. The third-order valence-electron chi connectivity index (χ3n) is 3.21. The van der Waals surface area contributed by atoms with Gasteiger partial charge in [-0.05, 0) is 37.3 Å². The number of rotatable bonds is 8. The van der Waals surface area contributed by atoms with E-state index in [1.54, 1.807) is 38.3 Å². The first-order valence-corrected chi connectivity index (χ1v) is 7.93. The first kappa shape index (κ1) is 17.9. The third-order valence-corrected chi connectivity index (χ3v) is 3.44. The van der Waals surface area contributed by atoms with E-state index in [-0.39, 0.29) is 5.91 Å². The number of methoxy groups -OCH3 is 1. The van der Waals surface area contributed by atoms with E-state index in [1.165, 1.54) is 0 Å². The normalized spacial score (nSPS) is 11.5.